The third-order valence-corrected chi connectivity index (χ3v) is 5.35. The van der Waals surface area contributed by atoms with Crippen molar-refractivity contribution in [3.8, 4) is 5.75 Å². The highest BCUT2D eigenvalue weighted by molar-refractivity contribution is 6.01. The molecular weight excluding hydrogens is 356 g/mol. The number of nitrogens with zero attached hydrogens (tertiary/aromatic N) is 1. The van der Waals surface area contributed by atoms with Crippen LogP contribution in [0.4, 0.5) is 0 Å². The minimum atomic E-state index is -0.960. The molecule has 2 N–H and O–H groups in total. The summed E-state index contributed by atoms with van der Waals surface area (Å²) in [6.45, 7) is 2.98. The number of aliphatic imine (C=N–C) groups is 1. The topological polar surface area (TPSA) is 80.2 Å². The van der Waals surface area contributed by atoms with E-state index >= 15 is 0 Å². The summed E-state index contributed by atoms with van der Waals surface area (Å²) in [6.07, 6.45) is 0.741. The van der Waals surface area contributed by atoms with Gasteiger partial charge in [0.05, 0.1) is 6.61 Å². The van der Waals surface area contributed by atoms with Gasteiger partial charge in [0.2, 0.25) is 5.90 Å². The molecule has 0 aliphatic carbocycles. The maximum Gasteiger partial charge on any atom is 0.252 e. The molecule has 6 nitrogen and oxygen atoms in total. The van der Waals surface area contributed by atoms with Crippen molar-refractivity contribution in [1.82, 2.24) is 5.32 Å². The summed E-state index contributed by atoms with van der Waals surface area (Å²) in [5.41, 5.74) is 2.09. The van der Waals surface area contributed by atoms with Crippen molar-refractivity contribution in [2.75, 3.05) is 13.2 Å². The molecule has 0 saturated carbocycles. The first kappa shape index (κ1) is 18.5. The van der Waals surface area contributed by atoms with E-state index in [0.717, 1.165) is 22.4 Å². The lowest BCUT2D eigenvalue weighted by atomic mass is 9.86. The number of amides is 1. The summed E-state index contributed by atoms with van der Waals surface area (Å²) in [7, 11) is 0. The van der Waals surface area contributed by atoms with Crippen LogP contribution in [0.2, 0.25) is 0 Å². The van der Waals surface area contributed by atoms with Gasteiger partial charge in [-0.3, -0.25) is 4.79 Å². The molecule has 2 atom stereocenters. The van der Waals surface area contributed by atoms with Gasteiger partial charge < -0.3 is 19.9 Å². The molecule has 146 valence electrons. The quantitative estimate of drug-likeness (QED) is 0.780. The number of benzene rings is 2. The lowest BCUT2D eigenvalue weighted by Gasteiger charge is -2.26. The number of nitrogens with one attached hydrogen (secondary N) is 1. The Morgan fingerprint density at radius 3 is 2.71 bits per heavy atom. The maximum absolute atomic E-state index is 13.0. The highest BCUT2D eigenvalue weighted by Gasteiger charge is 2.51. The summed E-state index contributed by atoms with van der Waals surface area (Å²) in [6, 6.07) is 15.5. The molecule has 1 spiro atoms. The molecule has 4 rings (SSSR count). The van der Waals surface area contributed by atoms with E-state index in [2.05, 4.69) is 11.4 Å². The standard InChI is InChI=1S/C22H24N2O4/c1-15-22(13-17-5-2-3-6-18(17)14-23-21(22)26)24-20(28-15)16-7-9-19(10-8-16)27-12-4-11-25/h2-3,5-10,15,25H,4,11-14H2,1H3,(H,23,26)/t15-,22-/m0/s1. The van der Waals surface area contributed by atoms with E-state index in [1.165, 1.54) is 0 Å². The van der Waals surface area contributed by atoms with Gasteiger partial charge in [0.1, 0.15) is 11.9 Å². The minimum Gasteiger partial charge on any atom is -0.494 e. The predicted octanol–water partition coefficient (Wildman–Crippen LogP) is 2.22. The van der Waals surface area contributed by atoms with Gasteiger partial charge in [0, 0.05) is 31.6 Å². The smallest absolute Gasteiger partial charge is 0.252 e. The van der Waals surface area contributed by atoms with Crippen molar-refractivity contribution in [2.24, 2.45) is 4.99 Å². The Kier molecular flexibility index (Phi) is 5.05. The van der Waals surface area contributed by atoms with Crippen LogP contribution in [-0.2, 0) is 22.5 Å². The molecule has 0 saturated heterocycles. The van der Waals surface area contributed by atoms with E-state index in [-0.39, 0.29) is 18.6 Å². The first-order valence-electron chi connectivity index (χ1n) is 9.58. The van der Waals surface area contributed by atoms with Crippen LogP contribution in [-0.4, -0.2) is 41.8 Å². The molecule has 0 unspecified atom stereocenters. The number of carbonyl (C=O) groups excluding carboxylic acids is 1. The van der Waals surface area contributed by atoms with Crippen LogP contribution in [0.25, 0.3) is 0 Å². The lowest BCUT2D eigenvalue weighted by molar-refractivity contribution is -0.128. The van der Waals surface area contributed by atoms with Crippen molar-refractivity contribution in [2.45, 2.75) is 38.0 Å². The summed E-state index contributed by atoms with van der Waals surface area (Å²) >= 11 is 0. The summed E-state index contributed by atoms with van der Waals surface area (Å²) in [5.74, 6) is 1.10. The zero-order valence-corrected chi connectivity index (χ0v) is 15.9. The third-order valence-electron chi connectivity index (χ3n) is 5.35. The molecular formula is C22H24N2O4. The largest absolute Gasteiger partial charge is 0.494 e. The Morgan fingerprint density at radius 2 is 1.96 bits per heavy atom. The normalized spacial score (nSPS) is 23.4. The first-order chi connectivity index (χ1) is 13.6. The van der Waals surface area contributed by atoms with Crippen LogP contribution >= 0.6 is 0 Å². The predicted molar refractivity (Wildman–Crippen MR) is 105 cm³/mol. The van der Waals surface area contributed by atoms with Gasteiger partial charge in [-0.25, -0.2) is 4.99 Å². The molecule has 6 heteroatoms. The summed E-state index contributed by atoms with van der Waals surface area (Å²) in [5, 5.41) is 11.8. The average Bonchev–Trinajstić information content (AvgIpc) is 2.97. The average molecular weight is 380 g/mol. The Bertz CT molecular complexity index is 894. The van der Waals surface area contributed by atoms with E-state index in [9.17, 15) is 4.79 Å². The second-order valence-corrected chi connectivity index (χ2v) is 7.18. The van der Waals surface area contributed by atoms with Crippen LogP contribution in [0.3, 0.4) is 0 Å². The van der Waals surface area contributed by atoms with Gasteiger partial charge in [0.15, 0.2) is 5.54 Å². The Labute approximate surface area is 164 Å². The molecule has 0 radical (unpaired) electrons. The van der Waals surface area contributed by atoms with Gasteiger partial charge in [0.25, 0.3) is 5.91 Å². The third kappa shape index (κ3) is 3.36. The van der Waals surface area contributed by atoms with Gasteiger partial charge >= 0.3 is 0 Å². The van der Waals surface area contributed by atoms with E-state index in [1.807, 2.05) is 49.4 Å². The highest BCUT2D eigenvalue weighted by Crippen LogP contribution is 2.35. The fourth-order valence-corrected chi connectivity index (χ4v) is 3.66. The maximum atomic E-state index is 13.0. The number of hydrogen-bond donors (Lipinski definition) is 2. The Hall–Kier alpha value is -2.86. The number of hydrogen-bond acceptors (Lipinski definition) is 5. The molecule has 2 aliphatic heterocycles. The van der Waals surface area contributed by atoms with Gasteiger partial charge in [-0.05, 0) is 42.3 Å². The Morgan fingerprint density at radius 1 is 1.21 bits per heavy atom. The number of fused-ring (bicyclic) bond motifs is 1. The van der Waals surface area contributed by atoms with E-state index in [4.69, 9.17) is 19.6 Å². The summed E-state index contributed by atoms with van der Waals surface area (Å²) in [4.78, 5) is 17.7. The van der Waals surface area contributed by atoms with Crippen LogP contribution < -0.4 is 10.1 Å². The van der Waals surface area contributed by atoms with Crippen molar-refractivity contribution in [3.05, 3.63) is 65.2 Å². The number of carbonyl (C=O) groups is 1. The van der Waals surface area contributed by atoms with Gasteiger partial charge in [-0.15, -0.1) is 0 Å². The lowest BCUT2D eigenvalue weighted by Crippen LogP contribution is -2.50. The second kappa shape index (κ2) is 7.64. The summed E-state index contributed by atoms with van der Waals surface area (Å²) < 4.78 is 11.6. The zero-order valence-electron chi connectivity index (χ0n) is 15.9. The van der Waals surface area contributed by atoms with E-state index in [1.54, 1.807) is 0 Å². The Balaban J connectivity index is 1.60. The fraction of sp³-hybridized carbons (Fsp3) is 0.364. The molecule has 2 aliphatic rings. The van der Waals surface area contributed by atoms with Gasteiger partial charge in [-0.2, -0.15) is 0 Å². The molecule has 0 aromatic heterocycles. The van der Waals surface area contributed by atoms with E-state index < -0.39 is 5.54 Å². The number of rotatable bonds is 5. The van der Waals surface area contributed by atoms with Crippen molar-refractivity contribution in [1.29, 1.82) is 0 Å². The van der Waals surface area contributed by atoms with E-state index in [0.29, 0.717) is 31.9 Å². The molecule has 0 fully saturated rings. The second-order valence-electron chi connectivity index (χ2n) is 7.18. The monoisotopic (exact) mass is 380 g/mol. The van der Waals surface area contributed by atoms with Crippen LogP contribution in [0.1, 0.15) is 30.0 Å². The van der Waals surface area contributed by atoms with Crippen molar-refractivity contribution >= 4 is 11.8 Å². The molecule has 1 amide bonds. The highest BCUT2D eigenvalue weighted by atomic mass is 16.5. The number of aliphatic hydroxyl groups is 1. The van der Waals surface area contributed by atoms with Crippen LogP contribution in [0.5, 0.6) is 5.75 Å². The molecule has 2 aromatic rings. The first-order valence-corrected chi connectivity index (χ1v) is 9.58. The molecule has 2 heterocycles. The van der Waals surface area contributed by atoms with Gasteiger partial charge in [-0.1, -0.05) is 24.3 Å². The zero-order chi connectivity index (χ0) is 19.6. The van der Waals surface area contributed by atoms with Crippen LogP contribution in [0.15, 0.2) is 53.5 Å². The fourth-order valence-electron chi connectivity index (χ4n) is 3.66. The minimum absolute atomic E-state index is 0.102. The van der Waals surface area contributed by atoms with Crippen molar-refractivity contribution in [3.63, 3.8) is 0 Å². The van der Waals surface area contributed by atoms with Crippen molar-refractivity contribution < 1.29 is 19.4 Å². The number of ether oxygens (including phenoxy) is 2. The van der Waals surface area contributed by atoms with Crippen LogP contribution in [0, 0.1) is 0 Å². The SMILES string of the molecule is C[C@@H]1OC(c2ccc(OCCCO)cc2)=N[C@@]12Cc1ccccc1CNC2=O. The molecule has 2 aromatic carbocycles. The molecule has 0 bridgehead atoms. The number of aliphatic hydroxyl groups excluding tert-OH is 1. The molecule has 28 heavy (non-hydrogen) atoms.